The zero-order chi connectivity index (χ0) is 14.4. The Morgan fingerprint density at radius 2 is 1.79 bits per heavy atom. The molecule has 0 radical (unpaired) electrons. The van der Waals surface area contributed by atoms with Gasteiger partial charge in [-0.15, -0.1) is 0 Å². The molecule has 19 heavy (non-hydrogen) atoms. The summed E-state index contributed by atoms with van der Waals surface area (Å²) in [7, 11) is 1.43. The van der Waals surface area contributed by atoms with Crippen molar-refractivity contribution in [2.45, 2.75) is 26.0 Å². The van der Waals surface area contributed by atoms with Gasteiger partial charge in [-0.1, -0.05) is 12.1 Å². The fraction of sp³-hybridized carbons (Fsp3) is 0.385. The first-order valence-electron chi connectivity index (χ1n) is 5.98. The van der Waals surface area contributed by atoms with Crippen molar-refractivity contribution in [3.63, 3.8) is 0 Å². The van der Waals surface area contributed by atoms with Crippen LogP contribution in [-0.4, -0.2) is 25.1 Å². The van der Waals surface area contributed by atoms with Crippen LogP contribution in [0, 0.1) is 0 Å². The molecule has 0 fully saturated rings. The molecule has 1 aromatic carbocycles. The van der Waals surface area contributed by atoms with E-state index < -0.39 is 18.0 Å². The van der Waals surface area contributed by atoms with Gasteiger partial charge >= 0.3 is 6.03 Å². The van der Waals surface area contributed by atoms with Crippen molar-refractivity contribution in [1.29, 1.82) is 0 Å². The van der Waals surface area contributed by atoms with E-state index in [0.717, 1.165) is 5.56 Å². The molecular weight excluding hydrogens is 246 g/mol. The molecule has 6 heteroatoms. The molecule has 0 aliphatic heterocycles. The minimum atomic E-state index is -0.765. The fourth-order valence-corrected chi connectivity index (χ4v) is 1.38. The highest BCUT2D eigenvalue weighted by atomic mass is 16.5. The van der Waals surface area contributed by atoms with Crippen molar-refractivity contribution in [2.24, 2.45) is 5.73 Å². The molecule has 2 atom stereocenters. The maximum absolute atomic E-state index is 11.6. The number of nitrogens with one attached hydrogen (secondary N) is 2. The molecular formula is C13H19N3O3. The number of benzene rings is 1. The molecule has 6 nitrogen and oxygen atoms in total. The van der Waals surface area contributed by atoms with Gasteiger partial charge < -0.3 is 15.8 Å². The normalized spacial score (nSPS) is 13.3. The molecule has 0 aliphatic rings. The van der Waals surface area contributed by atoms with Crippen LogP contribution in [0.3, 0.4) is 0 Å². The van der Waals surface area contributed by atoms with Gasteiger partial charge in [0.25, 0.3) is 5.91 Å². The number of carbonyl (C=O) groups is 2. The number of urea groups is 1. The molecule has 4 N–H and O–H groups in total. The second-order valence-electron chi connectivity index (χ2n) is 4.19. The Labute approximate surface area is 112 Å². The van der Waals surface area contributed by atoms with E-state index >= 15 is 0 Å². The van der Waals surface area contributed by atoms with E-state index in [1.807, 2.05) is 19.1 Å². The van der Waals surface area contributed by atoms with Crippen molar-refractivity contribution in [3.8, 4) is 5.75 Å². The molecule has 0 bridgehead atoms. The molecule has 0 aromatic heterocycles. The highest BCUT2D eigenvalue weighted by Gasteiger charge is 2.16. The molecule has 0 heterocycles. The van der Waals surface area contributed by atoms with E-state index in [1.54, 1.807) is 19.1 Å². The second-order valence-corrected chi connectivity index (χ2v) is 4.19. The highest BCUT2D eigenvalue weighted by molar-refractivity contribution is 5.96. The number of nitrogens with two attached hydrogens (primary N) is 1. The first-order chi connectivity index (χ1) is 8.93. The minimum Gasteiger partial charge on any atom is -0.481 e. The monoisotopic (exact) mass is 265 g/mol. The Balaban J connectivity index is 2.58. The van der Waals surface area contributed by atoms with Gasteiger partial charge in [-0.25, -0.2) is 4.79 Å². The number of ether oxygens (including phenoxy) is 1. The van der Waals surface area contributed by atoms with Gasteiger partial charge in [0.2, 0.25) is 0 Å². The number of carbonyl (C=O) groups excluding carboxylic acids is 2. The third-order valence-corrected chi connectivity index (χ3v) is 2.55. The number of rotatable bonds is 4. The number of imide groups is 1. The highest BCUT2D eigenvalue weighted by Crippen LogP contribution is 2.17. The van der Waals surface area contributed by atoms with E-state index in [9.17, 15) is 9.59 Å². The largest absolute Gasteiger partial charge is 0.481 e. The molecule has 0 saturated carbocycles. The first kappa shape index (κ1) is 15.0. The zero-order valence-corrected chi connectivity index (χ0v) is 11.3. The molecule has 1 unspecified atom stereocenters. The van der Waals surface area contributed by atoms with Crippen molar-refractivity contribution in [1.82, 2.24) is 10.6 Å². The summed E-state index contributed by atoms with van der Waals surface area (Å²) in [5.41, 5.74) is 6.72. The summed E-state index contributed by atoms with van der Waals surface area (Å²) in [6.07, 6.45) is -0.765. The van der Waals surface area contributed by atoms with Crippen LogP contribution in [-0.2, 0) is 4.79 Å². The summed E-state index contributed by atoms with van der Waals surface area (Å²) in [6.45, 7) is 3.45. The van der Waals surface area contributed by atoms with Crippen molar-refractivity contribution >= 4 is 11.9 Å². The summed E-state index contributed by atoms with van der Waals surface area (Å²) in [4.78, 5) is 22.6. The molecule has 3 amide bonds. The Morgan fingerprint density at radius 3 is 2.26 bits per heavy atom. The standard InChI is InChI=1S/C13H19N3O3/c1-8(14)10-4-6-11(7-5-10)19-9(2)12(17)16-13(18)15-3/h4-9H,14H2,1-3H3,(H2,15,16,17,18)/t8-,9?/m1/s1. The molecule has 0 spiro atoms. The summed E-state index contributed by atoms with van der Waals surface area (Å²) in [5.74, 6) is 0.0413. The Hall–Kier alpha value is -2.08. The minimum absolute atomic E-state index is 0.0528. The Morgan fingerprint density at radius 1 is 1.21 bits per heavy atom. The van der Waals surface area contributed by atoms with Gasteiger partial charge in [-0.3, -0.25) is 10.1 Å². The first-order valence-corrected chi connectivity index (χ1v) is 5.98. The lowest BCUT2D eigenvalue weighted by molar-refractivity contribution is -0.126. The number of hydrogen-bond acceptors (Lipinski definition) is 4. The third kappa shape index (κ3) is 4.59. The van der Waals surface area contributed by atoms with E-state index in [0.29, 0.717) is 5.75 Å². The lowest BCUT2D eigenvalue weighted by atomic mass is 10.1. The summed E-state index contributed by atoms with van der Waals surface area (Å²) in [6, 6.07) is 6.54. The molecule has 104 valence electrons. The fourth-order valence-electron chi connectivity index (χ4n) is 1.38. The van der Waals surface area contributed by atoms with E-state index in [2.05, 4.69) is 10.6 Å². The Bertz CT molecular complexity index is 443. The summed E-state index contributed by atoms with van der Waals surface area (Å²) < 4.78 is 5.42. The lowest BCUT2D eigenvalue weighted by Gasteiger charge is -2.14. The van der Waals surface area contributed by atoms with Crippen LogP contribution in [0.25, 0.3) is 0 Å². The van der Waals surface area contributed by atoms with Crippen LogP contribution in [0.1, 0.15) is 25.5 Å². The van der Waals surface area contributed by atoms with Crippen LogP contribution < -0.4 is 21.1 Å². The zero-order valence-electron chi connectivity index (χ0n) is 11.3. The van der Waals surface area contributed by atoms with Gasteiger partial charge in [0.05, 0.1) is 0 Å². The van der Waals surface area contributed by atoms with Gasteiger partial charge in [0.15, 0.2) is 6.10 Å². The third-order valence-electron chi connectivity index (χ3n) is 2.55. The maximum atomic E-state index is 11.6. The number of hydrogen-bond donors (Lipinski definition) is 3. The van der Waals surface area contributed by atoms with Gasteiger partial charge in [0, 0.05) is 13.1 Å². The number of amides is 3. The molecule has 1 aromatic rings. The Kier molecular flexibility index (Phi) is 5.32. The van der Waals surface area contributed by atoms with E-state index in [-0.39, 0.29) is 6.04 Å². The molecule has 0 aliphatic carbocycles. The van der Waals surface area contributed by atoms with Crippen LogP contribution in [0.5, 0.6) is 5.75 Å². The van der Waals surface area contributed by atoms with Gasteiger partial charge in [-0.05, 0) is 31.5 Å². The van der Waals surface area contributed by atoms with E-state index in [1.165, 1.54) is 7.05 Å². The van der Waals surface area contributed by atoms with Gasteiger partial charge in [-0.2, -0.15) is 0 Å². The van der Waals surface area contributed by atoms with Crippen molar-refractivity contribution < 1.29 is 14.3 Å². The quantitative estimate of drug-likeness (QED) is 0.755. The average molecular weight is 265 g/mol. The van der Waals surface area contributed by atoms with Crippen LogP contribution in [0.2, 0.25) is 0 Å². The predicted octanol–water partition coefficient (Wildman–Crippen LogP) is 0.929. The lowest BCUT2D eigenvalue weighted by Crippen LogP contribution is -2.43. The topological polar surface area (TPSA) is 93.5 Å². The smallest absolute Gasteiger partial charge is 0.321 e. The van der Waals surface area contributed by atoms with Crippen LogP contribution >= 0.6 is 0 Å². The SMILES string of the molecule is CNC(=O)NC(=O)C(C)Oc1ccc([C@@H](C)N)cc1. The molecule has 1 rings (SSSR count). The van der Waals surface area contributed by atoms with Crippen molar-refractivity contribution in [3.05, 3.63) is 29.8 Å². The van der Waals surface area contributed by atoms with Crippen LogP contribution in [0.15, 0.2) is 24.3 Å². The predicted molar refractivity (Wildman–Crippen MR) is 71.7 cm³/mol. The molecule has 0 saturated heterocycles. The van der Waals surface area contributed by atoms with E-state index in [4.69, 9.17) is 10.5 Å². The van der Waals surface area contributed by atoms with Gasteiger partial charge in [0.1, 0.15) is 5.75 Å². The summed E-state index contributed by atoms with van der Waals surface area (Å²) in [5, 5.41) is 4.44. The average Bonchev–Trinajstić information content (AvgIpc) is 2.38. The van der Waals surface area contributed by atoms with Crippen molar-refractivity contribution in [2.75, 3.05) is 7.05 Å². The maximum Gasteiger partial charge on any atom is 0.321 e. The van der Waals surface area contributed by atoms with Crippen LogP contribution in [0.4, 0.5) is 4.79 Å². The second kappa shape index (κ2) is 6.75. The summed E-state index contributed by atoms with van der Waals surface area (Å²) >= 11 is 0.